The van der Waals surface area contributed by atoms with Gasteiger partial charge in [0.25, 0.3) is 0 Å². The molecule has 0 saturated heterocycles. The van der Waals surface area contributed by atoms with Crippen LogP contribution in [0, 0.1) is 17.1 Å². The number of benzene rings is 3. The number of aromatic nitrogens is 1. The van der Waals surface area contributed by atoms with E-state index >= 15 is 0 Å². The molecule has 0 bridgehead atoms. The molecule has 1 atom stereocenters. The molecule has 0 fully saturated rings. The zero-order valence-corrected chi connectivity index (χ0v) is 18.2. The van der Waals surface area contributed by atoms with E-state index in [0.29, 0.717) is 11.1 Å². The van der Waals surface area contributed by atoms with Gasteiger partial charge in [-0.25, -0.2) is 9.18 Å². The minimum absolute atomic E-state index is 0.0361. The lowest BCUT2D eigenvalue weighted by atomic mass is 9.83. The van der Waals surface area contributed by atoms with Crippen LogP contribution in [0.4, 0.5) is 4.39 Å². The summed E-state index contributed by atoms with van der Waals surface area (Å²) in [4.78, 5) is 17.0. The van der Waals surface area contributed by atoms with Gasteiger partial charge in [0.1, 0.15) is 29.0 Å². The van der Waals surface area contributed by atoms with Gasteiger partial charge in [0.05, 0.1) is 17.0 Å². The van der Waals surface area contributed by atoms with Gasteiger partial charge in [-0.3, -0.25) is 4.98 Å². The Morgan fingerprint density at radius 1 is 1.15 bits per heavy atom. The monoisotopic (exact) mass is 471 g/mol. The molecule has 2 N–H and O–H groups in total. The molecule has 0 spiro atoms. The van der Waals surface area contributed by atoms with E-state index in [1.54, 1.807) is 42.6 Å². The Bertz CT molecular complexity index is 1520. The van der Waals surface area contributed by atoms with Gasteiger partial charge in [0.15, 0.2) is 0 Å². The Balaban J connectivity index is 1.51. The largest absolute Gasteiger partial charge is 0.440 e. The molecule has 0 saturated carbocycles. The van der Waals surface area contributed by atoms with E-state index in [-0.39, 0.29) is 33.5 Å². The van der Waals surface area contributed by atoms with Gasteiger partial charge in [-0.15, -0.1) is 0 Å². The van der Waals surface area contributed by atoms with Crippen molar-refractivity contribution < 1.29 is 18.7 Å². The van der Waals surface area contributed by atoms with Gasteiger partial charge < -0.3 is 15.2 Å². The van der Waals surface area contributed by atoms with Gasteiger partial charge >= 0.3 is 5.97 Å². The molecule has 4 aromatic rings. The molecule has 1 aliphatic rings. The predicted molar refractivity (Wildman–Crippen MR) is 124 cm³/mol. The highest BCUT2D eigenvalue weighted by Gasteiger charge is 2.34. The Kier molecular flexibility index (Phi) is 5.36. The summed E-state index contributed by atoms with van der Waals surface area (Å²) < 4.78 is 25.9. The maximum atomic E-state index is 14.7. The van der Waals surface area contributed by atoms with Crippen molar-refractivity contribution in [2.24, 2.45) is 5.73 Å². The fourth-order valence-corrected chi connectivity index (χ4v) is 4.22. The van der Waals surface area contributed by atoms with Crippen LogP contribution in [0.25, 0.3) is 10.9 Å². The fourth-order valence-electron chi connectivity index (χ4n) is 3.95. The summed E-state index contributed by atoms with van der Waals surface area (Å²) in [5, 5.41) is 10.6. The van der Waals surface area contributed by atoms with Crippen LogP contribution < -0.4 is 15.2 Å². The van der Waals surface area contributed by atoms with Crippen molar-refractivity contribution in [3.05, 3.63) is 112 Å². The molecule has 1 aliphatic heterocycles. The molecular weight excluding hydrogens is 457 g/mol. The lowest BCUT2D eigenvalue weighted by Crippen LogP contribution is -2.22. The number of pyridine rings is 1. The highest BCUT2D eigenvalue weighted by atomic mass is 35.5. The summed E-state index contributed by atoms with van der Waals surface area (Å²) in [7, 11) is 0. The quantitative estimate of drug-likeness (QED) is 0.314. The molecule has 0 aliphatic carbocycles. The number of nitrogens with zero attached hydrogens (tertiary/aromatic N) is 2. The molecule has 0 amide bonds. The predicted octanol–water partition coefficient (Wildman–Crippen LogP) is 5.46. The smallest absolute Gasteiger partial charge is 0.343 e. The Morgan fingerprint density at radius 3 is 2.79 bits per heavy atom. The Morgan fingerprint density at radius 2 is 2.00 bits per heavy atom. The van der Waals surface area contributed by atoms with E-state index in [1.165, 1.54) is 24.3 Å². The summed E-state index contributed by atoms with van der Waals surface area (Å²) >= 11 is 6.28. The Hall–Kier alpha value is -4.41. The third-order valence-corrected chi connectivity index (χ3v) is 5.86. The highest BCUT2D eigenvalue weighted by Crippen LogP contribution is 2.46. The van der Waals surface area contributed by atoms with E-state index in [0.717, 1.165) is 10.9 Å². The van der Waals surface area contributed by atoms with Crippen LogP contribution in [-0.2, 0) is 0 Å². The average molecular weight is 472 g/mol. The second kappa shape index (κ2) is 8.50. The van der Waals surface area contributed by atoms with E-state index in [2.05, 4.69) is 4.98 Å². The van der Waals surface area contributed by atoms with Crippen molar-refractivity contribution >= 4 is 28.5 Å². The van der Waals surface area contributed by atoms with Crippen LogP contribution in [0.15, 0.2) is 84.4 Å². The van der Waals surface area contributed by atoms with Gasteiger partial charge in [0.2, 0.25) is 5.88 Å². The van der Waals surface area contributed by atoms with Crippen LogP contribution in [-0.4, -0.2) is 11.0 Å². The van der Waals surface area contributed by atoms with E-state index in [9.17, 15) is 14.4 Å². The third kappa shape index (κ3) is 3.70. The number of hydrogen-bond donors (Lipinski definition) is 1. The molecular formula is C26H15ClFN3O3. The van der Waals surface area contributed by atoms with E-state index in [1.807, 2.05) is 12.1 Å². The molecule has 6 nitrogen and oxygen atoms in total. The first kappa shape index (κ1) is 21.4. The molecule has 8 heteroatoms. The summed E-state index contributed by atoms with van der Waals surface area (Å²) in [5.74, 6) is -1.77. The first-order valence-corrected chi connectivity index (χ1v) is 10.6. The van der Waals surface area contributed by atoms with Gasteiger partial charge in [0, 0.05) is 33.8 Å². The molecule has 3 aromatic carbocycles. The molecule has 5 rings (SSSR count). The second-order valence-corrected chi connectivity index (χ2v) is 7.97. The zero-order valence-electron chi connectivity index (χ0n) is 17.5. The van der Waals surface area contributed by atoms with Crippen molar-refractivity contribution in [2.75, 3.05) is 0 Å². The number of carbonyl (C=O) groups is 1. The van der Waals surface area contributed by atoms with Crippen molar-refractivity contribution in [1.29, 1.82) is 5.26 Å². The number of halogens is 2. The number of nitrogens with two attached hydrogens (primary N) is 1. The van der Waals surface area contributed by atoms with Crippen molar-refractivity contribution in [3.63, 3.8) is 0 Å². The minimum atomic E-state index is -0.875. The number of ether oxygens (including phenoxy) is 2. The molecule has 166 valence electrons. The van der Waals surface area contributed by atoms with Gasteiger partial charge in [-0.1, -0.05) is 29.8 Å². The average Bonchev–Trinajstić information content (AvgIpc) is 2.83. The van der Waals surface area contributed by atoms with Crippen LogP contribution in [0.2, 0.25) is 5.02 Å². The molecule has 2 heterocycles. The topological polar surface area (TPSA) is 98.2 Å². The summed E-state index contributed by atoms with van der Waals surface area (Å²) in [6.45, 7) is 0. The summed E-state index contributed by atoms with van der Waals surface area (Å²) in [5.41, 5.74) is 7.71. The number of nitriles is 1. The van der Waals surface area contributed by atoms with Crippen LogP contribution in [0.3, 0.4) is 0 Å². The van der Waals surface area contributed by atoms with Crippen LogP contribution in [0.5, 0.6) is 11.5 Å². The lowest BCUT2D eigenvalue weighted by molar-refractivity contribution is 0.0734. The van der Waals surface area contributed by atoms with E-state index < -0.39 is 17.7 Å². The van der Waals surface area contributed by atoms with Crippen molar-refractivity contribution in [3.8, 4) is 17.6 Å². The maximum absolute atomic E-state index is 14.7. The second-order valence-electron chi connectivity index (χ2n) is 7.56. The number of fused-ring (bicyclic) bond motifs is 2. The Labute approximate surface area is 198 Å². The maximum Gasteiger partial charge on any atom is 0.343 e. The first-order chi connectivity index (χ1) is 16.5. The van der Waals surface area contributed by atoms with Crippen LogP contribution >= 0.6 is 11.6 Å². The fraction of sp³-hybridized carbons (Fsp3) is 0.0385. The number of carbonyl (C=O) groups excluding carboxylic acids is 1. The minimum Gasteiger partial charge on any atom is -0.440 e. The normalized spacial score (nSPS) is 14.8. The standard InChI is InChI=1S/C26H15ClFN3O3/c27-19-4-1-5-20(28)24(19)23-17-8-7-16(12-22(17)34-25(30)18(23)13-29)33-26(32)15-6-9-21-14(11-15)3-2-10-31-21/h1-12,23H,30H2. The van der Waals surface area contributed by atoms with Gasteiger partial charge in [-0.05, 0) is 42.5 Å². The van der Waals surface area contributed by atoms with Gasteiger partial charge in [-0.2, -0.15) is 5.26 Å². The zero-order chi connectivity index (χ0) is 23.8. The lowest BCUT2D eigenvalue weighted by Gasteiger charge is -2.27. The number of allylic oxidation sites excluding steroid dienone is 1. The third-order valence-electron chi connectivity index (χ3n) is 5.53. The molecule has 0 radical (unpaired) electrons. The molecule has 1 aromatic heterocycles. The number of hydrogen-bond acceptors (Lipinski definition) is 6. The summed E-state index contributed by atoms with van der Waals surface area (Å²) in [6, 6.07) is 19.6. The SMILES string of the molecule is N#CC1=C(N)Oc2cc(OC(=O)c3ccc4ncccc4c3)ccc2C1c1c(F)cccc1Cl. The molecule has 34 heavy (non-hydrogen) atoms. The first-order valence-electron chi connectivity index (χ1n) is 10.2. The van der Waals surface area contributed by atoms with Crippen molar-refractivity contribution in [1.82, 2.24) is 4.98 Å². The van der Waals surface area contributed by atoms with Crippen LogP contribution in [0.1, 0.15) is 27.4 Å². The van der Waals surface area contributed by atoms with E-state index in [4.69, 9.17) is 26.8 Å². The number of rotatable bonds is 3. The van der Waals surface area contributed by atoms with Crippen molar-refractivity contribution in [2.45, 2.75) is 5.92 Å². The highest BCUT2D eigenvalue weighted by molar-refractivity contribution is 6.31. The molecule has 1 unspecified atom stereocenters. The summed E-state index contributed by atoms with van der Waals surface area (Å²) in [6.07, 6.45) is 1.67. The number of esters is 1.